The summed E-state index contributed by atoms with van der Waals surface area (Å²) in [6.07, 6.45) is -1.33. The maximum atomic E-state index is 13.7. The minimum absolute atomic E-state index is 0.0810. The van der Waals surface area contributed by atoms with E-state index in [1.165, 1.54) is 50.7 Å². The van der Waals surface area contributed by atoms with Gasteiger partial charge in [-0.3, -0.25) is 9.97 Å². The van der Waals surface area contributed by atoms with Crippen LogP contribution < -0.4 is 15.9 Å². The number of nitrogens with two attached hydrogens (primary N) is 1. The van der Waals surface area contributed by atoms with E-state index in [1.807, 2.05) is 13.8 Å². The van der Waals surface area contributed by atoms with Crippen LogP contribution in [0.15, 0.2) is 42.7 Å². The van der Waals surface area contributed by atoms with Crippen molar-refractivity contribution in [2.45, 2.75) is 52.8 Å². The van der Waals surface area contributed by atoms with Gasteiger partial charge in [0.05, 0.1) is 35.2 Å². The summed E-state index contributed by atoms with van der Waals surface area (Å²) in [7, 11) is -0.478. The summed E-state index contributed by atoms with van der Waals surface area (Å²) >= 11 is 0. The number of hydrogen-bond donors (Lipinski definition) is 4. The fourth-order valence-electron chi connectivity index (χ4n) is 4.52. The minimum atomic E-state index is -4.68. The number of carboxylic acid groups (broad SMARTS) is 1. The zero-order valence-electron chi connectivity index (χ0n) is 24.7. The molecule has 0 unspecified atom stereocenters. The monoisotopic (exact) mass is 605 g/mol. The first-order valence-corrected chi connectivity index (χ1v) is 13.1. The van der Waals surface area contributed by atoms with Crippen LogP contribution in [0, 0.1) is 19.8 Å². The van der Waals surface area contributed by atoms with E-state index in [2.05, 4.69) is 14.7 Å². The molecule has 1 atom stereocenters. The highest BCUT2D eigenvalue weighted by Crippen LogP contribution is 2.40. The number of methoxy groups -OCH3 is 1. The molecule has 2 heterocycles. The second kappa shape index (κ2) is 14.4. The van der Waals surface area contributed by atoms with E-state index in [0.717, 1.165) is 6.07 Å². The van der Waals surface area contributed by atoms with E-state index >= 15 is 0 Å². The molecular formula is C29H35BF3N3O7. The number of hydrogen-bond acceptors (Lipinski definition) is 9. The van der Waals surface area contributed by atoms with Crippen molar-refractivity contribution >= 4 is 24.5 Å². The number of carbonyl (C=O) groups excluding carboxylic acids is 1. The van der Waals surface area contributed by atoms with Crippen molar-refractivity contribution in [2.24, 2.45) is 11.7 Å². The van der Waals surface area contributed by atoms with Gasteiger partial charge in [-0.15, -0.1) is 0 Å². The summed E-state index contributed by atoms with van der Waals surface area (Å²) in [5.74, 6) is -1.96. The van der Waals surface area contributed by atoms with E-state index in [1.54, 1.807) is 13.8 Å². The first-order chi connectivity index (χ1) is 19.9. The second-order valence-electron chi connectivity index (χ2n) is 10.6. The summed E-state index contributed by atoms with van der Waals surface area (Å²) in [6.45, 7) is 8.68. The quantitative estimate of drug-likeness (QED) is 0.208. The summed E-state index contributed by atoms with van der Waals surface area (Å²) in [6, 6.07) is 6.25. The van der Waals surface area contributed by atoms with Gasteiger partial charge in [0.15, 0.2) is 0 Å². The number of carboxylic acids is 1. The van der Waals surface area contributed by atoms with Gasteiger partial charge in [0.1, 0.15) is 12.4 Å². The van der Waals surface area contributed by atoms with Gasteiger partial charge >= 0.3 is 25.2 Å². The Morgan fingerprint density at radius 2 is 1.60 bits per heavy atom. The van der Waals surface area contributed by atoms with Crippen LogP contribution in [0.1, 0.15) is 64.9 Å². The molecule has 232 valence electrons. The number of halogens is 3. The molecule has 0 bridgehead atoms. The first-order valence-electron chi connectivity index (χ1n) is 13.1. The van der Waals surface area contributed by atoms with E-state index in [4.69, 9.17) is 20.5 Å². The number of aromatic nitrogens is 2. The highest BCUT2D eigenvalue weighted by atomic mass is 19.4. The molecule has 43 heavy (non-hydrogen) atoms. The number of aryl methyl sites for hydroxylation is 2. The normalized spacial score (nSPS) is 12.6. The van der Waals surface area contributed by atoms with Crippen molar-refractivity contribution in [2.75, 3.05) is 13.7 Å². The second-order valence-corrected chi connectivity index (χ2v) is 10.6. The zero-order chi connectivity index (χ0) is 32.7. The SMILES string of the molecule is COC(=O)c1c(B(O)O)ccnc1C.Cc1nccc(-c2ccc(OC[C@](C)(N)CC(C)C)c(C(F)(F)F)c2)c1C(=O)O. The van der Waals surface area contributed by atoms with Gasteiger partial charge in [0.2, 0.25) is 0 Å². The number of alkyl halides is 3. The van der Waals surface area contributed by atoms with Gasteiger partial charge in [-0.05, 0) is 74.0 Å². The van der Waals surface area contributed by atoms with Crippen LogP contribution in [0.3, 0.4) is 0 Å². The summed E-state index contributed by atoms with van der Waals surface area (Å²) < 4.78 is 51.0. The largest absolute Gasteiger partial charge is 0.491 e. The Morgan fingerprint density at radius 3 is 2.12 bits per heavy atom. The van der Waals surface area contributed by atoms with E-state index in [-0.39, 0.29) is 51.7 Å². The standard InChI is InChI=1S/C21H25F3N2O3.C8H10BNO4/c1-12(2)10-20(4,25)11-29-17-6-5-14(9-16(17)21(22,23)24)15-7-8-26-13(3)18(15)19(27)28;1-5-7(8(11)14-2)6(9(12)13)3-4-10-5/h5-9,12H,10-11,25H2,1-4H3,(H,27,28);3-4,12-13H,1-2H3/t20-;/m1./s1. The average Bonchev–Trinajstić information content (AvgIpc) is 2.90. The molecule has 0 aliphatic rings. The Labute approximate surface area is 247 Å². The third-order valence-corrected chi connectivity index (χ3v) is 6.22. The number of nitrogens with zero attached hydrogens (tertiary/aromatic N) is 2. The van der Waals surface area contributed by atoms with Gasteiger partial charge < -0.3 is 30.4 Å². The van der Waals surface area contributed by atoms with Crippen LogP contribution in [0.5, 0.6) is 5.75 Å². The molecular weight excluding hydrogens is 570 g/mol. The van der Waals surface area contributed by atoms with E-state index < -0.39 is 36.3 Å². The molecule has 3 aromatic rings. The van der Waals surface area contributed by atoms with Crippen molar-refractivity contribution in [1.29, 1.82) is 0 Å². The van der Waals surface area contributed by atoms with Crippen molar-refractivity contribution in [3.8, 4) is 16.9 Å². The van der Waals surface area contributed by atoms with Crippen molar-refractivity contribution < 1.29 is 47.4 Å². The minimum Gasteiger partial charge on any atom is -0.491 e. The number of rotatable bonds is 9. The third kappa shape index (κ3) is 9.50. The van der Waals surface area contributed by atoms with E-state index in [0.29, 0.717) is 12.1 Å². The Kier molecular flexibility index (Phi) is 11.8. The zero-order valence-corrected chi connectivity index (χ0v) is 24.7. The van der Waals surface area contributed by atoms with Gasteiger partial charge in [0.25, 0.3) is 0 Å². The molecule has 2 aromatic heterocycles. The number of benzene rings is 1. The number of ether oxygens (including phenoxy) is 2. The molecule has 0 amide bonds. The van der Waals surface area contributed by atoms with Crippen LogP contribution in [0.2, 0.25) is 0 Å². The number of carbonyl (C=O) groups is 2. The molecule has 1 aromatic carbocycles. The van der Waals surface area contributed by atoms with Crippen LogP contribution in [-0.4, -0.2) is 63.4 Å². The maximum absolute atomic E-state index is 13.7. The van der Waals surface area contributed by atoms with Gasteiger partial charge in [-0.2, -0.15) is 13.2 Å². The molecule has 3 rings (SSSR count). The number of esters is 1. The van der Waals surface area contributed by atoms with Crippen molar-refractivity contribution in [3.63, 3.8) is 0 Å². The van der Waals surface area contributed by atoms with Crippen LogP contribution >= 0.6 is 0 Å². The van der Waals surface area contributed by atoms with Gasteiger partial charge in [0, 0.05) is 17.9 Å². The predicted molar refractivity (Wildman–Crippen MR) is 154 cm³/mol. The fourth-order valence-corrected chi connectivity index (χ4v) is 4.52. The van der Waals surface area contributed by atoms with Crippen LogP contribution in [-0.2, 0) is 10.9 Å². The Balaban J connectivity index is 0.000000385. The molecule has 0 radical (unpaired) electrons. The summed E-state index contributed by atoms with van der Waals surface area (Å²) in [5, 5.41) is 27.4. The smallest absolute Gasteiger partial charge is 0.489 e. The average molecular weight is 605 g/mol. The molecule has 0 aliphatic carbocycles. The van der Waals surface area contributed by atoms with Crippen LogP contribution in [0.25, 0.3) is 11.1 Å². The van der Waals surface area contributed by atoms with Gasteiger partial charge in [-0.1, -0.05) is 19.9 Å². The molecule has 0 spiro atoms. The third-order valence-electron chi connectivity index (χ3n) is 6.22. The molecule has 14 heteroatoms. The molecule has 5 N–H and O–H groups in total. The fraction of sp³-hybridized carbons (Fsp3) is 0.379. The Morgan fingerprint density at radius 1 is 1.02 bits per heavy atom. The molecule has 0 fully saturated rings. The highest BCUT2D eigenvalue weighted by Gasteiger charge is 2.36. The highest BCUT2D eigenvalue weighted by molar-refractivity contribution is 6.60. The lowest BCUT2D eigenvalue weighted by Crippen LogP contribution is -2.43. The summed E-state index contributed by atoms with van der Waals surface area (Å²) in [4.78, 5) is 30.6. The topological polar surface area (TPSA) is 165 Å². The lowest BCUT2D eigenvalue weighted by molar-refractivity contribution is -0.139. The van der Waals surface area contributed by atoms with Crippen molar-refractivity contribution in [1.82, 2.24) is 9.97 Å². The summed E-state index contributed by atoms with van der Waals surface area (Å²) in [5.41, 5.74) is 5.33. The Hall–Kier alpha value is -4.01. The van der Waals surface area contributed by atoms with E-state index in [9.17, 15) is 27.9 Å². The lowest BCUT2D eigenvalue weighted by Gasteiger charge is -2.27. The molecule has 0 saturated heterocycles. The lowest BCUT2D eigenvalue weighted by atomic mass is 9.77. The molecule has 0 saturated carbocycles. The number of aromatic carboxylic acids is 1. The van der Waals surface area contributed by atoms with Gasteiger partial charge in [-0.25, -0.2) is 9.59 Å². The molecule has 0 aliphatic heterocycles. The predicted octanol–water partition coefficient (Wildman–Crippen LogP) is 3.77. The van der Waals surface area contributed by atoms with Crippen LogP contribution in [0.4, 0.5) is 13.2 Å². The number of pyridine rings is 2. The Bertz CT molecular complexity index is 1450. The molecule has 10 nitrogen and oxygen atoms in total. The first kappa shape index (κ1) is 35.2. The van der Waals surface area contributed by atoms with Crippen molar-refractivity contribution in [3.05, 3.63) is 70.8 Å². The maximum Gasteiger partial charge on any atom is 0.489 e.